The second kappa shape index (κ2) is 4.67. The van der Waals surface area contributed by atoms with Crippen molar-refractivity contribution in [2.45, 2.75) is 10.2 Å². The average Bonchev–Trinajstić information content (AvgIpc) is 2.70. The van der Waals surface area contributed by atoms with Crippen molar-refractivity contribution < 1.29 is 14.3 Å². The Morgan fingerprint density at radius 3 is 3.00 bits per heavy atom. The Kier molecular flexibility index (Phi) is 3.25. The summed E-state index contributed by atoms with van der Waals surface area (Å²) in [7, 11) is 0. The number of halogens is 1. The van der Waals surface area contributed by atoms with Gasteiger partial charge >= 0.3 is 5.97 Å². The molecule has 0 aliphatic heterocycles. The van der Waals surface area contributed by atoms with Crippen molar-refractivity contribution in [2.75, 3.05) is 0 Å². The largest absolute Gasteiger partial charge is 0.476 e. The molecular formula is C9H5BrN2O3S. The van der Waals surface area contributed by atoms with Crippen LogP contribution in [0.5, 0.6) is 0 Å². The van der Waals surface area contributed by atoms with Crippen LogP contribution in [0.4, 0.5) is 0 Å². The van der Waals surface area contributed by atoms with Gasteiger partial charge in [0.05, 0.1) is 4.47 Å². The molecule has 0 saturated carbocycles. The van der Waals surface area contributed by atoms with E-state index in [0.717, 1.165) is 22.5 Å². The van der Waals surface area contributed by atoms with Crippen molar-refractivity contribution in [1.82, 2.24) is 9.97 Å². The molecule has 16 heavy (non-hydrogen) atoms. The third-order valence-corrected chi connectivity index (χ3v) is 3.39. The van der Waals surface area contributed by atoms with Crippen LogP contribution in [0.1, 0.15) is 10.5 Å². The van der Waals surface area contributed by atoms with Crippen LogP contribution in [0.2, 0.25) is 0 Å². The first-order valence-electron chi connectivity index (χ1n) is 4.14. The fourth-order valence-corrected chi connectivity index (χ4v) is 2.11. The second-order valence-corrected chi connectivity index (χ2v) is 4.49. The number of hydrogen-bond donors (Lipinski definition) is 1. The SMILES string of the molecule is O=C(O)c1coc(Sc2ncccc2Br)n1. The maximum absolute atomic E-state index is 10.6. The summed E-state index contributed by atoms with van der Waals surface area (Å²) >= 11 is 4.47. The third kappa shape index (κ3) is 2.42. The van der Waals surface area contributed by atoms with Crippen LogP contribution >= 0.6 is 27.7 Å². The van der Waals surface area contributed by atoms with E-state index >= 15 is 0 Å². The Morgan fingerprint density at radius 1 is 1.56 bits per heavy atom. The number of carbonyl (C=O) groups is 1. The molecule has 2 rings (SSSR count). The molecule has 0 spiro atoms. The molecule has 0 unspecified atom stereocenters. The van der Waals surface area contributed by atoms with E-state index in [4.69, 9.17) is 9.52 Å². The van der Waals surface area contributed by atoms with Gasteiger partial charge in [-0.2, -0.15) is 4.98 Å². The molecule has 0 atom stereocenters. The van der Waals surface area contributed by atoms with Crippen molar-refractivity contribution in [2.24, 2.45) is 0 Å². The number of pyridine rings is 1. The minimum Gasteiger partial charge on any atom is -0.476 e. The Labute approximate surface area is 103 Å². The van der Waals surface area contributed by atoms with Crippen LogP contribution in [0.15, 0.2) is 43.7 Å². The number of nitrogens with zero attached hydrogens (tertiary/aromatic N) is 2. The normalized spacial score (nSPS) is 10.3. The van der Waals surface area contributed by atoms with E-state index in [9.17, 15) is 4.79 Å². The molecule has 0 aromatic carbocycles. The molecular weight excluding hydrogens is 296 g/mol. The summed E-state index contributed by atoms with van der Waals surface area (Å²) in [6.07, 6.45) is 2.73. The van der Waals surface area contributed by atoms with E-state index in [1.54, 1.807) is 12.3 Å². The second-order valence-electron chi connectivity index (χ2n) is 2.70. The maximum Gasteiger partial charge on any atom is 0.357 e. The summed E-state index contributed by atoms with van der Waals surface area (Å²) in [5.74, 6) is -1.12. The molecule has 82 valence electrons. The zero-order valence-corrected chi connectivity index (χ0v) is 10.2. The summed E-state index contributed by atoms with van der Waals surface area (Å²) < 4.78 is 5.80. The smallest absolute Gasteiger partial charge is 0.357 e. The van der Waals surface area contributed by atoms with E-state index in [0.29, 0.717) is 5.03 Å². The fourth-order valence-electron chi connectivity index (χ4n) is 0.931. The number of carboxylic acid groups (broad SMARTS) is 1. The van der Waals surface area contributed by atoms with Gasteiger partial charge in [-0.1, -0.05) is 0 Å². The predicted octanol–water partition coefficient (Wildman–Crippen LogP) is 2.68. The summed E-state index contributed by atoms with van der Waals surface area (Å²) in [6, 6.07) is 3.61. The highest BCUT2D eigenvalue weighted by Crippen LogP contribution is 2.30. The quantitative estimate of drug-likeness (QED) is 0.939. The van der Waals surface area contributed by atoms with Gasteiger partial charge < -0.3 is 9.52 Å². The zero-order chi connectivity index (χ0) is 11.5. The summed E-state index contributed by atoms with van der Waals surface area (Å²) in [5.41, 5.74) is -0.116. The molecule has 2 aromatic heterocycles. The first-order chi connectivity index (χ1) is 7.66. The third-order valence-electron chi connectivity index (χ3n) is 1.61. The molecule has 1 N–H and O–H groups in total. The zero-order valence-electron chi connectivity index (χ0n) is 7.75. The number of hydrogen-bond acceptors (Lipinski definition) is 5. The van der Waals surface area contributed by atoms with Gasteiger partial charge in [-0.3, -0.25) is 0 Å². The number of aromatic nitrogens is 2. The number of aromatic carboxylic acids is 1. The molecule has 0 saturated heterocycles. The Bertz CT molecular complexity index is 529. The summed E-state index contributed by atoms with van der Waals surface area (Å²) in [5, 5.41) is 9.58. The van der Waals surface area contributed by atoms with Crippen LogP contribution in [-0.4, -0.2) is 21.0 Å². The molecule has 0 radical (unpaired) electrons. The molecule has 0 aliphatic carbocycles. The van der Waals surface area contributed by atoms with Crippen molar-refractivity contribution in [3.8, 4) is 0 Å². The minimum atomic E-state index is -1.12. The van der Waals surface area contributed by atoms with Crippen LogP contribution in [0.3, 0.4) is 0 Å². The van der Waals surface area contributed by atoms with Crippen molar-refractivity contribution in [1.29, 1.82) is 0 Å². The van der Waals surface area contributed by atoms with Gasteiger partial charge in [0.15, 0.2) is 5.69 Å². The van der Waals surface area contributed by atoms with E-state index in [2.05, 4.69) is 25.9 Å². The molecule has 0 aliphatic rings. The van der Waals surface area contributed by atoms with Gasteiger partial charge in [0.1, 0.15) is 11.3 Å². The van der Waals surface area contributed by atoms with Crippen LogP contribution in [-0.2, 0) is 0 Å². The van der Waals surface area contributed by atoms with Gasteiger partial charge in [-0.25, -0.2) is 9.78 Å². The predicted molar refractivity (Wildman–Crippen MR) is 59.5 cm³/mol. The lowest BCUT2D eigenvalue weighted by Gasteiger charge is -1.97. The molecule has 2 aromatic rings. The highest BCUT2D eigenvalue weighted by molar-refractivity contribution is 9.10. The Morgan fingerprint density at radius 2 is 2.38 bits per heavy atom. The van der Waals surface area contributed by atoms with Gasteiger partial charge in [0.2, 0.25) is 0 Å². The van der Waals surface area contributed by atoms with Gasteiger partial charge in [-0.05, 0) is 39.8 Å². The first kappa shape index (κ1) is 11.2. The molecule has 7 heteroatoms. The van der Waals surface area contributed by atoms with Gasteiger partial charge in [0.25, 0.3) is 5.22 Å². The van der Waals surface area contributed by atoms with Crippen LogP contribution < -0.4 is 0 Å². The van der Waals surface area contributed by atoms with Crippen molar-refractivity contribution in [3.05, 3.63) is 34.8 Å². The van der Waals surface area contributed by atoms with Gasteiger partial charge in [0, 0.05) is 6.20 Å². The number of carboxylic acids is 1. The maximum atomic E-state index is 10.6. The lowest BCUT2D eigenvalue weighted by Crippen LogP contribution is -1.95. The minimum absolute atomic E-state index is 0.116. The highest BCUT2D eigenvalue weighted by atomic mass is 79.9. The monoisotopic (exact) mass is 300 g/mol. The van der Waals surface area contributed by atoms with E-state index in [1.807, 2.05) is 6.07 Å². The molecule has 0 fully saturated rings. The van der Waals surface area contributed by atoms with Crippen molar-refractivity contribution >= 4 is 33.7 Å². The number of rotatable bonds is 3. The van der Waals surface area contributed by atoms with Gasteiger partial charge in [-0.15, -0.1) is 0 Å². The standard InChI is InChI=1S/C9H5BrN2O3S/c10-5-2-1-3-11-7(5)16-9-12-6(4-15-9)8(13)14/h1-4H,(H,13,14). The number of oxazole rings is 1. The fraction of sp³-hybridized carbons (Fsp3) is 0. The lowest BCUT2D eigenvalue weighted by molar-refractivity contribution is 0.0690. The molecule has 0 bridgehead atoms. The topological polar surface area (TPSA) is 76.2 Å². The van der Waals surface area contributed by atoms with Crippen LogP contribution in [0, 0.1) is 0 Å². The molecule has 0 amide bonds. The summed E-state index contributed by atoms with van der Waals surface area (Å²) in [4.78, 5) is 18.5. The van der Waals surface area contributed by atoms with Crippen LogP contribution in [0.25, 0.3) is 0 Å². The first-order valence-corrected chi connectivity index (χ1v) is 5.75. The van der Waals surface area contributed by atoms with E-state index in [1.165, 1.54) is 0 Å². The molecule has 5 nitrogen and oxygen atoms in total. The Hall–Kier alpha value is -1.34. The van der Waals surface area contributed by atoms with E-state index in [-0.39, 0.29) is 10.9 Å². The Balaban J connectivity index is 2.21. The highest BCUT2D eigenvalue weighted by Gasteiger charge is 2.13. The van der Waals surface area contributed by atoms with E-state index < -0.39 is 5.97 Å². The lowest BCUT2D eigenvalue weighted by atomic mass is 10.5. The van der Waals surface area contributed by atoms with Crippen molar-refractivity contribution in [3.63, 3.8) is 0 Å². The average molecular weight is 301 g/mol. The molecule has 2 heterocycles. The summed E-state index contributed by atoms with van der Waals surface area (Å²) in [6.45, 7) is 0.